The van der Waals surface area contributed by atoms with Crippen molar-refractivity contribution in [1.82, 2.24) is 10.2 Å². The average molecular weight is 355 g/mol. The Morgan fingerprint density at radius 1 is 1.43 bits per heavy atom. The van der Waals surface area contributed by atoms with E-state index in [0.717, 1.165) is 24.0 Å². The number of nitrogens with zero attached hydrogens (tertiary/aromatic N) is 1. The summed E-state index contributed by atoms with van der Waals surface area (Å²) in [5, 5.41) is 3.51. The van der Waals surface area contributed by atoms with Crippen molar-refractivity contribution in [3.8, 4) is 0 Å². The van der Waals surface area contributed by atoms with Gasteiger partial charge < -0.3 is 15.0 Å². The minimum atomic E-state index is -0.433. The summed E-state index contributed by atoms with van der Waals surface area (Å²) in [7, 11) is 0. The zero-order valence-electron chi connectivity index (χ0n) is 12.9. The van der Waals surface area contributed by atoms with E-state index in [1.165, 1.54) is 5.56 Å². The van der Waals surface area contributed by atoms with E-state index in [9.17, 15) is 4.79 Å². The van der Waals surface area contributed by atoms with Gasteiger partial charge in [0.1, 0.15) is 5.60 Å². The molecule has 0 unspecified atom stereocenters. The van der Waals surface area contributed by atoms with Crippen molar-refractivity contribution in [2.75, 3.05) is 13.1 Å². The summed E-state index contributed by atoms with van der Waals surface area (Å²) in [6.45, 7) is 7.94. The monoisotopic (exact) mass is 354 g/mol. The van der Waals surface area contributed by atoms with Crippen LogP contribution >= 0.6 is 15.9 Å². The van der Waals surface area contributed by atoms with Crippen LogP contribution < -0.4 is 5.32 Å². The number of hydrogen-bond donors (Lipinski definition) is 1. The fraction of sp³-hybridized carbons (Fsp3) is 0.562. The first-order chi connectivity index (χ1) is 9.85. The van der Waals surface area contributed by atoms with Crippen LogP contribution in [-0.4, -0.2) is 35.7 Å². The summed E-state index contributed by atoms with van der Waals surface area (Å²) in [6.07, 6.45) is 0.747. The summed E-state index contributed by atoms with van der Waals surface area (Å²) < 4.78 is 6.51. The Balaban J connectivity index is 1.80. The number of rotatable bonds is 3. The highest BCUT2D eigenvalue weighted by Crippen LogP contribution is 2.18. The zero-order chi connectivity index (χ0) is 15.5. The molecule has 4 nitrogen and oxygen atoms in total. The van der Waals surface area contributed by atoms with E-state index in [0.29, 0.717) is 12.6 Å². The van der Waals surface area contributed by atoms with Crippen molar-refractivity contribution >= 4 is 22.0 Å². The number of likely N-dealkylation sites (tertiary alicyclic amines) is 1. The molecule has 1 aromatic rings. The van der Waals surface area contributed by atoms with Gasteiger partial charge in [-0.25, -0.2) is 4.79 Å². The number of benzene rings is 1. The van der Waals surface area contributed by atoms with Crippen molar-refractivity contribution in [1.29, 1.82) is 0 Å². The highest BCUT2D eigenvalue weighted by atomic mass is 79.9. The number of carbonyl (C=O) groups is 1. The molecule has 0 saturated carbocycles. The molecule has 1 atom stereocenters. The van der Waals surface area contributed by atoms with E-state index in [1.54, 1.807) is 4.90 Å². The summed E-state index contributed by atoms with van der Waals surface area (Å²) in [5.74, 6) is 0. The van der Waals surface area contributed by atoms with E-state index in [1.807, 2.05) is 39.0 Å². The van der Waals surface area contributed by atoms with Crippen molar-refractivity contribution in [3.05, 3.63) is 34.3 Å². The van der Waals surface area contributed by atoms with E-state index < -0.39 is 5.60 Å². The summed E-state index contributed by atoms with van der Waals surface area (Å²) in [4.78, 5) is 13.8. The maximum absolute atomic E-state index is 12.0. The zero-order valence-corrected chi connectivity index (χ0v) is 14.4. The molecular weight excluding hydrogens is 332 g/mol. The van der Waals surface area contributed by atoms with Crippen molar-refractivity contribution in [3.63, 3.8) is 0 Å². The predicted molar refractivity (Wildman–Crippen MR) is 87.2 cm³/mol. The molecule has 1 saturated heterocycles. The fourth-order valence-corrected chi connectivity index (χ4v) is 2.74. The van der Waals surface area contributed by atoms with E-state index in [4.69, 9.17) is 4.74 Å². The van der Waals surface area contributed by atoms with Gasteiger partial charge in [-0.1, -0.05) is 34.1 Å². The van der Waals surface area contributed by atoms with E-state index in [2.05, 4.69) is 27.3 Å². The Bertz CT molecular complexity index is 499. The number of amides is 1. The van der Waals surface area contributed by atoms with Crippen LogP contribution in [0.1, 0.15) is 32.8 Å². The molecule has 1 heterocycles. The lowest BCUT2D eigenvalue weighted by molar-refractivity contribution is 0.0291. The number of nitrogens with one attached hydrogen (secondary N) is 1. The van der Waals surface area contributed by atoms with Gasteiger partial charge in [0.2, 0.25) is 0 Å². The van der Waals surface area contributed by atoms with Crippen molar-refractivity contribution in [2.45, 2.75) is 45.4 Å². The van der Waals surface area contributed by atoms with Crippen molar-refractivity contribution in [2.24, 2.45) is 0 Å². The molecule has 116 valence electrons. The first-order valence-electron chi connectivity index (χ1n) is 7.30. The van der Waals surface area contributed by atoms with Gasteiger partial charge in [-0.15, -0.1) is 0 Å². The molecule has 1 aromatic carbocycles. The van der Waals surface area contributed by atoms with Gasteiger partial charge in [-0.3, -0.25) is 0 Å². The maximum Gasteiger partial charge on any atom is 0.410 e. The van der Waals surface area contributed by atoms with Crippen LogP contribution in [0.3, 0.4) is 0 Å². The molecule has 1 aliphatic rings. The van der Waals surface area contributed by atoms with Gasteiger partial charge in [0, 0.05) is 30.1 Å². The molecule has 2 rings (SSSR count). The topological polar surface area (TPSA) is 41.6 Å². The Labute approximate surface area is 135 Å². The lowest BCUT2D eigenvalue weighted by atomic mass is 10.2. The van der Waals surface area contributed by atoms with Crippen LogP contribution in [0.4, 0.5) is 4.79 Å². The summed E-state index contributed by atoms with van der Waals surface area (Å²) in [5.41, 5.74) is 0.797. The lowest BCUT2D eigenvalue weighted by Gasteiger charge is -2.24. The van der Waals surface area contributed by atoms with Gasteiger partial charge >= 0.3 is 6.09 Å². The lowest BCUT2D eigenvalue weighted by Crippen LogP contribution is -2.38. The van der Waals surface area contributed by atoms with Crippen LogP contribution in [0.15, 0.2) is 28.7 Å². The minimum Gasteiger partial charge on any atom is -0.444 e. The summed E-state index contributed by atoms with van der Waals surface area (Å²) in [6, 6.07) is 8.50. The highest BCUT2D eigenvalue weighted by Gasteiger charge is 2.29. The number of carbonyl (C=O) groups excluding carboxylic acids is 1. The smallest absolute Gasteiger partial charge is 0.410 e. The molecule has 0 aromatic heterocycles. The third-order valence-corrected chi connectivity index (χ3v) is 4.15. The second kappa shape index (κ2) is 6.79. The Hall–Kier alpha value is -1.07. The molecule has 1 aliphatic heterocycles. The molecule has 0 radical (unpaired) electrons. The Kier molecular flexibility index (Phi) is 5.27. The predicted octanol–water partition coefficient (Wildman–Crippen LogP) is 3.55. The Morgan fingerprint density at radius 3 is 2.81 bits per heavy atom. The van der Waals surface area contributed by atoms with Crippen molar-refractivity contribution < 1.29 is 9.53 Å². The largest absolute Gasteiger partial charge is 0.444 e. The SMILES string of the molecule is CC(C)(C)OC(=O)N1CC[C@@H](NCc2ccccc2Br)C1. The minimum absolute atomic E-state index is 0.215. The molecule has 1 amide bonds. The van der Waals surface area contributed by atoms with Gasteiger partial charge in [0.25, 0.3) is 0 Å². The third kappa shape index (κ3) is 5.00. The van der Waals surface area contributed by atoms with Crippen LogP contribution in [0.5, 0.6) is 0 Å². The molecule has 1 N–H and O–H groups in total. The molecule has 0 spiro atoms. The second-order valence-corrected chi connectivity index (χ2v) is 7.24. The molecule has 1 fully saturated rings. The average Bonchev–Trinajstić information content (AvgIpc) is 2.85. The standard InChI is InChI=1S/C16H23BrN2O2/c1-16(2,3)21-15(20)19-9-8-13(11-19)18-10-12-6-4-5-7-14(12)17/h4-7,13,18H,8-11H2,1-3H3/t13-/m1/s1. The first kappa shape index (κ1) is 16.3. The fourth-order valence-electron chi connectivity index (χ4n) is 2.32. The molecule has 0 bridgehead atoms. The number of ether oxygens (including phenoxy) is 1. The third-order valence-electron chi connectivity index (χ3n) is 3.38. The number of halogens is 1. The summed E-state index contributed by atoms with van der Waals surface area (Å²) >= 11 is 3.55. The molecule has 5 heteroatoms. The second-order valence-electron chi connectivity index (χ2n) is 6.38. The molecule has 21 heavy (non-hydrogen) atoms. The van der Waals surface area contributed by atoms with Crippen LogP contribution in [-0.2, 0) is 11.3 Å². The van der Waals surface area contributed by atoms with Crippen LogP contribution in [0, 0.1) is 0 Å². The van der Waals surface area contributed by atoms with Crippen LogP contribution in [0.2, 0.25) is 0 Å². The van der Waals surface area contributed by atoms with Gasteiger partial charge in [-0.2, -0.15) is 0 Å². The maximum atomic E-state index is 12.0. The highest BCUT2D eigenvalue weighted by molar-refractivity contribution is 9.10. The van der Waals surface area contributed by atoms with E-state index in [-0.39, 0.29) is 6.09 Å². The normalized spacial score (nSPS) is 18.9. The molecule has 0 aliphatic carbocycles. The number of hydrogen-bond acceptors (Lipinski definition) is 3. The Morgan fingerprint density at radius 2 is 2.14 bits per heavy atom. The van der Waals surface area contributed by atoms with Gasteiger partial charge in [0.15, 0.2) is 0 Å². The van der Waals surface area contributed by atoms with Gasteiger partial charge in [0.05, 0.1) is 0 Å². The molecular formula is C16H23BrN2O2. The van der Waals surface area contributed by atoms with Crippen LogP contribution in [0.25, 0.3) is 0 Å². The van der Waals surface area contributed by atoms with Gasteiger partial charge in [-0.05, 0) is 38.8 Å². The first-order valence-corrected chi connectivity index (χ1v) is 8.09. The van der Waals surface area contributed by atoms with E-state index >= 15 is 0 Å². The quantitative estimate of drug-likeness (QED) is 0.902.